The number of para-hydroxylation sites is 1. The Morgan fingerprint density at radius 1 is 1.39 bits per heavy atom. The van der Waals surface area contributed by atoms with E-state index >= 15 is 0 Å². The van der Waals surface area contributed by atoms with Crippen molar-refractivity contribution in [1.82, 2.24) is 5.48 Å². The molecule has 0 bridgehead atoms. The third kappa shape index (κ3) is 2.73. The summed E-state index contributed by atoms with van der Waals surface area (Å²) in [6, 6.07) is 4.75. The number of hydrogen-bond acceptors (Lipinski definition) is 4. The fourth-order valence-corrected chi connectivity index (χ4v) is 2.07. The average molecular weight is 251 g/mol. The normalized spacial score (nSPS) is 15.6. The SMILES string of the molecule is COc1cccc(C(=O)NOC2CCCC2)c1O. The number of methoxy groups -OCH3 is 1. The highest BCUT2D eigenvalue weighted by molar-refractivity contribution is 5.96. The highest BCUT2D eigenvalue weighted by Crippen LogP contribution is 2.29. The molecular weight excluding hydrogens is 234 g/mol. The van der Waals surface area contributed by atoms with Gasteiger partial charge >= 0.3 is 0 Å². The summed E-state index contributed by atoms with van der Waals surface area (Å²) in [4.78, 5) is 17.1. The van der Waals surface area contributed by atoms with Gasteiger partial charge in [0.15, 0.2) is 11.5 Å². The van der Waals surface area contributed by atoms with Crippen LogP contribution in [0.3, 0.4) is 0 Å². The van der Waals surface area contributed by atoms with Crippen molar-refractivity contribution >= 4 is 5.91 Å². The number of ether oxygens (including phenoxy) is 1. The third-order valence-electron chi connectivity index (χ3n) is 3.08. The molecule has 0 spiro atoms. The summed E-state index contributed by atoms with van der Waals surface area (Å²) in [6.45, 7) is 0. The van der Waals surface area contributed by atoms with Crippen LogP contribution in [0.2, 0.25) is 0 Å². The summed E-state index contributed by atoms with van der Waals surface area (Å²) in [5.41, 5.74) is 2.52. The molecule has 1 aliphatic carbocycles. The highest BCUT2D eigenvalue weighted by atomic mass is 16.7. The number of hydroxylamine groups is 1. The summed E-state index contributed by atoms with van der Waals surface area (Å²) < 4.78 is 4.94. The summed E-state index contributed by atoms with van der Waals surface area (Å²) in [6.07, 6.45) is 4.27. The average Bonchev–Trinajstić information content (AvgIpc) is 2.89. The molecular formula is C13H17NO4. The Bertz CT molecular complexity index is 427. The van der Waals surface area contributed by atoms with Crippen LogP contribution in [0.5, 0.6) is 11.5 Å². The monoisotopic (exact) mass is 251 g/mol. The lowest BCUT2D eigenvalue weighted by Crippen LogP contribution is -2.28. The lowest BCUT2D eigenvalue weighted by Gasteiger charge is -2.12. The van der Waals surface area contributed by atoms with E-state index in [-0.39, 0.29) is 23.2 Å². The second-order valence-corrected chi connectivity index (χ2v) is 4.31. The number of carbonyl (C=O) groups is 1. The van der Waals surface area contributed by atoms with Gasteiger partial charge in [-0.05, 0) is 25.0 Å². The quantitative estimate of drug-likeness (QED) is 0.803. The molecule has 18 heavy (non-hydrogen) atoms. The number of phenolic OH excluding ortho intramolecular Hbond substituents is 1. The minimum Gasteiger partial charge on any atom is -0.504 e. The standard InChI is InChI=1S/C13H17NO4/c1-17-11-8-4-7-10(12(11)15)13(16)14-18-9-5-2-3-6-9/h4,7-9,15H,2-3,5-6H2,1H3,(H,14,16). The molecule has 0 radical (unpaired) electrons. The zero-order chi connectivity index (χ0) is 13.0. The van der Waals surface area contributed by atoms with Crippen LogP contribution in [-0.4, -0.2) is 24.2 Å². The second kappa shape index (κ2) is 5.73. The number of aromatic hydroxyl groups is 1. The van der Waals surface area contributed by atoms with E-state index in [9.17, 15) is 9.90 Å². The Morgan fingerprint density at radius 2 is 2.11 bits per heavy atom. The van der Waals surface area contributed by atoms with Crippen LogP contribution in [-0.2, 0) is 4.84 Å². The number of hydrogen-bond donors (Lipinski definition) is 2. The maximum atomic E-state index is 11.8. The molecule has 1 aliphatic rings. The minimum absolute atomic E-state index is 0.0849. The lowest BCUT2D eigenvalue weighted by molar-refractivity contribution is -0.0126. The van der Waals surface area contributed by atoms with Crippen molar-refractivity contribution in [1.29, 1.82) is 0 Å². The van der Waals surface area contributed by atoms with Gasteiger partial charge in [-0.15, -0.1) is 0 Å². The number of rotatable bonds is 4. The molecule has 1 aromatic rings. The van der Waals surface area contributed by atoms with Gasteiger partial charge in [0.1, 0.15) is 0 Å². The van der Waals surface area contributed by atoms with E-state index in [1.165, 1.54) is 13.2 Å². The zero-order valence-corrected chi connectivity index (χ0v) is 10.3. The molecule has 0 unspecified atom stereocenters. The first-order valence-electron chi connectivity index (χ1n) is 6.04. The number of phenols is 1. The van der Waals surface area contributed by atoms with Gasteiger partial charge in [0.2, 0.25) is 0 Å². The maximum Gasteiger partial charge on any atom is 0.278 e. The third-order valence-corrected chi connectivity index (χ3v) is 3.08. The van der Waals surface area contributed by atoms with Crippen LogP contribution < -0.4 is 10.2 Å². The largest absolute Gasteiger partial charge is 0.504 e. The van der Waals surface area contributed by atoms with Gasteiger partial charge in [0.05, 0.1) is 18.8 Å². The molecule has 1 fully saturated rings. The second-order valence-electron chi connectivity index (χ2n) is 4.31. The molecule has 2 N–H and O–H groups in total. The van der Waals surface area contributed by atoms with Crippen molar-refractivity contribution in [3.8, 4) is 11.5 Å². The molecule has 5 heteroatoms. The van der Waals surface area contributed by atoms with E-state index in [1.54, 1.807) is 12.1 Å². The van der Waals surface area contributed by atoms with Gasteiger partial charge in [0, 0.05) is 0 Å². The summed E-state index contributed by atoms with van der Waals surface area (Å²) in [5, 5.41) is 9.81. The van der Waals surface area contributed by atoms with Crippen molar-refractivity contribution in [2.75, 3.05) is 7.11 Å². The van der Waals surface area contributed by atoms with Crippen molar-refractivity contribution in [2.45, 2.75) is 31.8 Å². The van der Waals surface area contributed by atoms with Crippen LogP contribution in [0, 0.1) is 0 Å². The van der Waals surface area contributed by atoms with E-state index in [1.807, 2.05) is 0 Å². The fourth-order valence-electron chi connectivity index (χ4n) is 2.07. The van der Waals surface area contributed by atoms with E-state index in [2.05, 4.69) is 5.48 Å². The Balaban J connectivity index is 1.99. The van der Waals surface area contributed by atoms with Crippen LogP contribution in [0.25, 0.3) is 0 Å². The maximum absolute atomic E-state index is 11.8. The minimum atomic E-state index is -0.460. The van der Waals surface area contributed by atoms with Crippen molar-refractivity contribution in [3.63, 3.8) is 0 Å². The summed E-state index contributed by atoms with van der Waals surface area (Å²) in [5.74, 6) is -0.366. The summed E-state index contributed by atoms with van der Waals surface area (Å²) >= 11 is 0. The number of carbonyl (C=O) groups excluding carboxylic acids is 1. The molecule has 0 aliphatic heterocycles. The molecule has 0 saturated heterocycles. The molecule has 0 aromatic heterocycles. The molecule has 0 heterocycles. The van der Waals surface area contributed by atoms with E-state index in [4.69, 9.17) is 9.57 Å². The predicted octanol–water partition coefficient (Wildman–Crippen LogP) is 2.00. The Labute approximate surface area is 106 Å². The van der Waals surface area contributed by atoms with Gasteiger partial charge in [-0.25, -0.2) is 5.48 Å². The van der Waals surface area contributed by atoms with Crippen LogP contribution >= 0.6 is 0 Å². The van der Waals surface area contributed by atoms with Crippen molar-refractivity contribution < 1.29 is 19.5 Å². The van der Waals surface area contributed by atoms with E-state index in [0.29, 0.717) is 0 Å². The Morgan fingerprint density at radius 3 is 2.78 bits per heavy atom. The van der Waals surface area contributed by atoms with Crippen LogP contribution in [0.15, 0.2) is 18.2 Å². The van der Waals surface area contributed by atoms with Gasteiger partial charge in [-0.2, -0.15) is 0 Å². The molecule has 1 amide bonds. The predicted molar refractivity (Wildman–Crippen MR) is 65.5 cm³/mol. The molecule has 2 rings (SSSR count). The number of nitrogens with one attached hydrogen (secondary N) is 1. The zero-order valence-electron chi connectivity index (χ0n) is 10.3. The van der Waals surface area contributed by atoms with Crippen molar-refractivity contribution in [2.24, 2.45) is 0 Å². The smallest absolute Gasteiger partial charge is 0.278 e. The van der Waals surface area contributed by atoms with Crippen LogP contribution in [0.4, 0.5) is 0 Å². The topological polar surface area (TPSA) is 67.8 Å². The molecule has 0 atom stereocenters. The van der Waals surface area contributed by atoms with Gasteiger partial charge < -0.3 is 9.84 Å². The lowest BCUT2D eigenvalue weighted by atomic mass is 10.2. The fraction of sp³-hybridized carbons (Fsp3) is 0.462. The number of benzene rings is 1. The molecule has 98 valence electrons. The van der Waals surface area contributed by atoms with Crippen molar-refractivity contribution in [3.05, 3.63) is 23.8 Å². The highest BCUT2D eigenvalue weighted by Gasteiger charge is 2.19. The van der Waals surface area contributed by atoms with E-state index < -0.39 is 5.91 Å². The molecule has 1 aromatic carbocycles. The molecule has 5 nitrogen and oxygen atoms in total. The Kier molecular flexibility index (Phi) is 4.04. The van der Waals surface area contributed by atoms with Gasteiger partial charge in [-0.1, -0.05) is 18.9 Å². The summed E-state index contributed by atoms with van der Waals surface area (Å²) in [7, 11) is 1.44. The van der Waals surface area contributed by atoms with Gasteiger partial charge in [0.25, 0.3) is 5.91 Å². The number of amides is 1. The Hall–Kier alpha value is -1.75. The first-order valence-corrected chi connectivity index (χ1v) is 6.04. The van der Waals surface area contributed by atoms with E-state index in [0.717, 1.165) is 25.7 Å². The van der Waals surface area contributed by atoms with Gasteiger partial charge in [-0.3, -0.25) is 9.63 Å². The van der Waals surface area contributed by atoms with Crippen LogP contribution in [0.1, 0.15) is 36.0 Å². The molecule has 1 saturated carbocycles. The first-order chi connectivity index (χ1) is 8.72. The first kappa shape index (κ1) is 12.7.